The maximum Gasteiger partial charge on any atom is 0.220 e. The first-order valence-corrected chi connectivity index (χ1v) is 3.54. The van der Waals surface area contributed by atoms with Gasteiger partial charge >= 0.3 is 0 Å². The zero-order valence-corrected chi connectivity index (χ0v) is 6.41. The third-order valence-electron chi connectivity index (χ3n) is 1.83. The summed E-state index contributed by atoms with van der Waals surface area (Å²) in [6, 6.07) is 0. The first kappa shape index (κ1) is 6.54. The van der Waals surface area contributed by atoms with Crippen molar-refractivity contribution in [2.75, 3.05) is 12.8 Å². The van der Waals surface area contributed by atoms with Crippen LogP contribution in [0.2, 0.25) is 0 Å². The van der Waals surface area contributed by atoms with Crippen LogP contribution in [0.25, 0.3) is 0 Å². The Morgan fingerprint density at radius 3 is 3.18 bits per heavy atom. The largest absolute Gasteiger partial charge is 0.368 e. The van der Waals surface area contributed by atoms with Gasteiger partial charge in [0.05, 0.1) is 5.69 Å². The summed E-state index contributed by atoms with van der Waals surface area (Å²) in [6.07, 6.45) is 1.81. The van der Waals surface area contributed by atoms with Crippen molar-refractivity contribution >= 4 is 5.95 Å². The van der Waals surface area contributed by atoms with Gasteiger partial charge in [-0.2, -0.15) is 0 Å². The van der Waals surface area contributed by atoms with Gasteiger partial charge in [0.15, 0.2) is 0 Å². The third kappa shape index (κ3) is 1.05. The van der Waals surface area contributed by atoms with Crippen molar-refractivity contribution in [1.29, 1.82) is 0 Å². The second kappa shape index (κ2) is 2.17. The molecule has 1 aromatic rings. The number of aromatic nitrogens is 2. The monoisotopic (exact) mass is 150 g/mol. The molecule has 0 aromatic carbocycles. The number of anilines is 1. The quantitative estimate of drug-likeness (QED) is 0.565. The highest BCUT2D eigenvalue weighted by molar-refractivity contribution is 5.27. The van der Waals surface area contributed by atoms with E-state index in [1.165, 1.54) is 5.56 Å². The summed E-state index contributed by atoms with van der Waals surface area (Å²) in [5.41, 5.74) is 7.70. The van der Waals surface area contributed by atoms with E-state index in [9.17, 15) is 0 Å². The van der Waals surface area contributed by atoms with Gasteiger partial charge in [-0.1, -0.05) is 0 Å². The Balaban J connectivity index is 2.43. The normalized spacial score (nSPS) is 16.8. The molecule has 4 nitrogen and oxygen atoms in total. The molecule has 58 valence electrons. The fourth-order valence-electron chi connectivity index (χ4n) is 1.33. The molecule has 0 fully saturated rings. The minimum absolute atomic E-state index is 0.374. The predicted molar refractivity (Wildman–Crippen MR) is 41.6 cm³/mol. The summed E-state index contributed by atoms with van der Waals surface area (Å²) in [7, 11) is 2.05. The van der Waals surface area contributed by atoms with E-state index >= 15 is 0 Å². The van der Waals surface area contributed by atoms with Crippen molar-refractivity contribution in [2.45, 2.75) is 13.1 Å². The lowest BCUT2D eigenvalue weighted by Gasteiger charge is -2.01. The molecule has 4 heteroatoms. The fourth-order valence-corrected chi connectivity index (χ4v) is 1.33. The van der Waals surface area contributed by atoms with Crippen molar-refractivity contribution < 1.29 is 0 Å². The van der Waals surface area contributed by atoms with Crippen LogP contribution in [0.4, 0.5) is 5.95 Å². The molecule has 0 amide bonds. The maximum absolute atomic E-state index is 5.44. The van der Waals surface area contributed by atoms with Crippen LogP contribution in [-0.2, 0) is 13.1 Å². The summed E-state index contributed by atoms with van der Waals surface area (Å²) in [5, 5.41) is 0. The molecule has 1 aromatic heterocycles. The van der Waals surface area contributed by atoms with Crippen molar-refractivity contribution in [1.82, 2.24) is 14.9 Å². The Hall–Kier alpha value is -1.16. The highest BCUT2D eigenvalue weighted by Crippen LogP contribution is 2.18. The van der Waals surface area contributed by atoms with E-state index in [2.05, 4.69) is 21.9 Å². The van der Waals surface area contributed by atoms with Crippen molar-refractivity contribution in [3.8, 4) is 0 Å². The fraction of sp³-hybridized carbons (Fsp3) is 0.429. The van der Waals surface area contributed by atoms with Gasteiger partial charge in [0.1, 0.15) is 0 Å². The molecule has 0 atom stereocenters. The van der Waals surface area contributed by atoms with Gasteiger partial charge in [-0.3, -0.25) is 4.90 Å². The van der Waals surface area contributed by atoms with Crippen molar-refractivity contribution in [3.63, 3.8) is 0 Å². The number of nitrogens with zero attached hydrogens (tertiary/aromatic N) is 3. The number of hydrogen-bond acceptors (Lipinski definition) is 4. The minimum atomic E-state index is 0.374. The summed E-state index contributed by atoms with van der Waals surface area (Å²) in [5.74, 6) is 0.374. The predicted octanol–water partition coefficient (Wildman–Crippen LogP) is 0.00420. The van der Waals surface area contributed by atoms with Crippen LogP contribution in [0.15, 0.2) is 6.20 Å². The van der Waals surface area contributed by atoms with E-state index in [1.807, 2.05) is 0 Å². The number of nitrogens with two attached hydrogens (primary N) is 1. The molecule has 0 aliphatic carbocycles. The highest BCUT2D eigenvalue weighted by Gasteiger charge is 2.16. The Kier molecular flexibility index (Phi) is 1.29. The Labute approximate surface area is 65.1 Å². The van der Waals surface area contributed by atoms with Crippen molar-refractivity contribution in [3.05, 3.63) is 17.5 Å². The van der Waals surface area contributed by atoms with Gasteiger partial charge in [-0.15, -0.1) is 0 Å². The second-order valence-corrected chi connectivity index (χ2v) is 2.87. The SMILES string of the molecule is CN1Cc2cnc(N)nc2C1. The van der Waals surface area contributed by atoms with Crippen LogP contribution in [0.3, 0.4) is 0 Å². The molecule has 0 saturated carbocycles. The second-order valence-electron chi connectivity index (χ2n) is 2.87. The van der Waals surface area contributed by atoms with E-state index in [0.29, 0.717) is 5.95 Å². The Morgan fingerprint density at radius 1 is 1.55 bits per heavy atom. The summed E-state index contributed by atoms with van der Waals surface area (Å²) < 4.78 is 0. The van der Waals surface area contributed by atoms with Crippen molar-refractivity contribution in [2.24, 2.45) is 0 Å². The molecule has 1 aliphatic heterocycles. The molecule has 2 rings (SSSR count). The average molecular weight is 150 g/mol. The highest BCUT2D eigenvalue weighted by atomic mass is 15.1. The number of rotatable bonds is 0. The summed E-state index contributed by atoms with van der Waals surface area (Å²) >= 11 is 0. The van der Waals surface area contributed by atoms with Gasteiger partial charge < -0.3 is 5.73 Å². The van der Waals surface area contributed by atoms with Gasteiger partial charge in [-0.05, 0) is 7.05 Å². The zero-order valence-electron chi connectivity index (χ0n) is 6.41. The molecular weight excluding hydrogens is 140 g/mol. The zero-order chi connectivity index (χ0) is 7.84. The average Bonchev–Trinajstić information content (AvgIpc) is 2.27. The number of hydrogen-bond donors (Lipinski definition) is 1. The molecule has 1 aliphatic rings. The first-order chi connectivity index (χ1) is 5.25. The van der Waals surface area contributed by atoms with Crippen LogP contribution >= 0.6 is 0 Å². The van der Waals surface area contributed by atoms with E-state index < -0.39 is 0 Å². The van der Waals surface area contributed by atoms with Gasteiger partial charge in [0.25, 0.3) is 0 Å². The molecule has 2 N–H and O–H groups in total. The van der Waals surface area contributed by atoms with Crippen LogP contribution in [0, 0.1) is 0 Å². The Morgan fingerprint density at radius 2 is 2.36 bits per heavy atom. The summed E-state index contributed by atoms with van der Waals surface area (Å²) in [6.45, 7) is 1.83. The number of fused-ring (bicyclic) bond motifs is 1. The van der Waals surface area contributed by atoms with Crippen LogP contribution in [0.5, 0.6) is 0 Å². The molecule has 11 heavy (non-hydrogen) atoms. The third-order valence-corrected chi connectivity index (χ3v) is 1.83. The Bertz CT molecular complexity index is 284. The lowest BCUT2D eigenvalue weighted by molar-refractivity contribution is 0.351. The van der Waals surface area contributed by atoms with E-state index in [-0.39, 0.29) is 0 Å². The lowest BCUT2D eigenvalue weighted by atomic mass is 10.3. The first-order valence-electron chi connectivity index (χ1n) is 3.54. The molecule has 0 saturated heterocycles. The molecule has 0 bridgehead atoms. The van der Waals surface area contributed by atoms with E-state index in [1.54, 1.807) is 6.20 Å². The van der Waals surface area contributed by atoms with Gasteiger partial charge in [-0.25, -0.2) is 9.97 Å². The minimum Gasteiger partial charge on any atom is -0.368 e. The maximum atomic E-state index is 5.44. The van der Waals surface area contributed by atoms with Crippen LogP contribution < -0.4 is 5.73 Å². The molecule has 2 heterocycles. The molecule has 0 spiro atoms. The molecule has 0 unspecified atom stereocenters. The topological polar surface area (TPSA) is 55.0 Å². The van der Waals surface area contributed by atoms with E-state index in [4.69, 9.17) is 5.73 Å². The van der Waals surface area contributed by atoms with Gasteiger partial charge in [0.2, 0.25) is 5.95 Å². The van der Waals surface area contributed by atoms with E-state index in [0.717, 1.165) is 18.8 Å². The summed E-state index contributed by atoms with van der Waals surface area (Å²) in [4.78, 5) is 10.2. The van der Waals surface area contributed by atoms with Gasteiger partial charge in [0, 0.05) is 24.8 Å². The number of nitrogen functional groups attached to an aromatic ring is 1. The standard InChI is InChI=1S/C7H10N4/c1-11-3-5-2-9-7(8)10-6(5)4-11/h2H,3-4H2,1H3,(H2,8,9,10). The molecular formula is C7H10N4. The lowest BCUT2D eigenvalue weighted by Crippen LogP contribution is -2.07. The van der Waals surface area contributed by atoms with Crippen LogP contribution in [0.1, 0.15) is 11.3 Å². The molecule has 0 radical (unpaired) electrons. The van der Waals surface area contributed by atoms with Crippen LogP contribution in [-0.4, -0.2) is 21.9 Å². The smallest absolute Gasteiger partial charge is 0.220 e.